The minimum Gasteiger partial charge on any atom is -0.496 e. The van der Waals surface area contributed by atoms with E-state index >= 15 is 0 Å². The number of likely N-dealkylation sites (tertiary alicyclic amines) is 1. The Kier molecular flexibility index (Phi) is 5.73. The third-order valence-electron chi connectivity index (χ3n) is 3.68. The van der Waals surface area contributed by atoms with Gasteiger partial charge in [0, 0.05) is 26.3 Å². The predicted octanol–water partition coefficient (Wildman–Crippen LogP) is 3.50. The number of carbonyl (C=O) groups is 1. The van der Waals surface area contributed by atoms with Crippen LogP contribution in [0.2, 0.25) is 10.0 Å². The summed E-state index contributed by atoms with van der Waals surface area (Å²) in [6.07, 6.45) is 2.06. The number of halogens is 2. The molecule has 0 aliphatic carbocycles. The van der Waals surface area contributed by atoms with Crippen LogP contribution in [0, 0.1) is 5.92 Å². The van der Waals surface area contributed by atoms with Gasteiger partial charge in [-0.25, -0.2) is 0 Å². The zero-order valence-electron chi connectivity index (χ0n) is 12.2. The second-order valence-corrected chi connectivity index (χ2v) is 6.00. The highest BCUT2D eigenvalue weighted by molar-refractivity contribution is 6.42. The molecular weight excluding hydrogens is 313 g/mol. The van der Waals surface area contributed by atoms with Gasteiger partial charge in [-0.2, -0.15) is 0 Å². The first-order valence-electron chi connectivity index (χ1n) is 6.88. The van der Waals surface area contributed by atoms with Crippen LogP contribution < -0.4 is 4.74 Å². The molecule has 1 saturated heterocycles. The molecule has 1 atom stereocenters. The molecule has 2 rings (SSSR count). The summed E-state index contributed by atoms with van der Waals surface area (Å²) in [4.78, 5) is 14.5. The van der Waals surface area contributed by atoms with E-state index in [4.69, 9.17) is 32.7 Å². The van der Waals surface area contributed by atoms with Crippen molar-refractivity contribution in [1.82, 2.24) is 4.90 Å². The van der Waals surface area contributed by atoms with E-state index in [1.165, 1.54) is 7.11 Å². The largest absolute Gasteiger partial charge is 0.496 e. The van der Waals surface area contributed by atoms with Crippen molar-refractivity contribution in [2.24, 2.45) is 5.92 Å². The van der Waals surface area contributed by atoms with Crippen molar-refractivity contribution in [2.75, 3.05) is 33.9 Å². The minimum atomic E-state index is -0.0776. The molecule has 1 amide bonds. The number of piperidine rings is 1. The topological polar surface area (TPSA) is 38.8 Å². The average Bonchev–Trinajstić information content (AvgIpc) is 2.49. The molecule has 0 saturated carbocycles. The van der Waals surface area contributed by atoms with Crippen LogP contribution in [0.3, 0.4) is 0 Å². The predicted molar refractivity (Wildman–Crippen MR) is 83.5 cm³/mol. The van der Waals surface area contributed by atoms with Crippen LogP contribution in [-0.2, 0) is 4.74 Å². The van der Waals surface area contributed by atoms with Gasteiger partial charge in [-0.05, 0) is 24.8 Å². The normalized spacial score (nSPS) is 18.7. The highest BCUT2D eigenvalue weighted by atomic mass is 35.5. The summed E-state index contributed by atoms with van der Waals surface area (Å²) in [5.41, 5.74) is 0.449. The lowest BCUT2D eigenvalue weighted by Crippen LogP contribution is -2.41. The van der Waals surface area contributed by atoms with Crippen molar-refractivity contribution in [3.05, 3.63) is 27.7 Å². The highest BCUT2D eigenvalue weighted by Crippen LogP contribution is 2.32. The Bertz CT molecular complexity index is 520. The summed E-state index contributed by atoms with van der Waals surface area (Å²) in [7, 11) is 3.20. The number of hydrogen-bond acceptors (Lipinski definition) is 3. The maximum atomic E-state index is 12.7. The summed E-state index contributed by atoms with van der Waals surface area (Å²) in [6, 6.07) is 3.15. The van der Waals surface area contributed by atoms with Gasteiger partial charge in [-0.15, -0.1) is 0 Å². The Morgan fingerprint density at radius 2 is 2.05 bits per heavy atom. The Hall–Kier alpha value is -0.970. The fourth-order valence-electron chi connectivity index (χ4n) is 2.66. The van der Waals surface area contributed by atoms with Crippen LogP contribution in [-0.4, -0.2) is 44.7 Å². The smallest absolute Gasteiger partial charge is 0.257 e. The van der Waals surface area contributed by atoms with Gasteiger partial charge in [0.25, 0.3) is 5.91 Å². The molecule has 0 aromatic heterocycles. The van der Waals surface area contributed by atoms with Crippen LogP contribution >= 0.6 is 23.2 Å². The van der Waals surface area contributed by atoms with E-state index in [9.17, 15) is 4.79 Å². The van der Waals surface area contributed by atoms with Gasteiger partial charge in [0.15, 0.2) is 0 Å². The number of amides is 1. The molecule has 0 bridgehead atoms. The SMILES string of the molecule is COCC1CCCN(C(=O)c2cc(Cl)c(Cl)cc2OC)C1. The van der Waals surface area contributed by atoms with E-state index in [0.29, 0.717) is 40.4 Å². The summed E-state index contributed by atoms with van der Waals surface area (Å²) in [5, 5.41) is 0.729. The van der Waals surface area contributed by atoms with Gasteiger partial charge in [0.2, 0.25) is 0 Å². The lowest BCUT2D eigenvalue weighted by atomic mass is 9.98. The number of nitrogens with zero attached hydrogens (tertiary/aromatic N) is 1. The standard InChI is InChI=1S/C15H19Cl2NO3/c1-20-9-10-4-3-5-18(8-10)15(19)11-6-12(16)13(17)7-14(11)21-2/h6-7,10H,3-5,8-9H2,1-2H3. The molecule has 0 radical (unpaired) electrons. The number of hydrogen-bond donors (Lipinski definition) is 0. The summed E-state index contributed by atoms with van der Waals surface area (Å²) in [5.74, 6) is 0.746. The average molecular weight is 332 g/mol. The van der Waals surface area contributed by atoms with Crippen LogP contribution in [0.15, 0.2) is 12.1 Å². The zero-order chi connectivity index (χ0) is 15.4. The molecule has 0 spiro atoms. The zero-order valence-corrected chi connectivity index (χ0v) is 13.7. The molecule has 6 heteroatoms. The molecule has 1 aromatic carbocycles. The molecule has 1 unspecified atom stereocenters. The lowest BCUT2D eigenvalue weighted by Gasteiger charge is -2.32. The van der Waals surface area contributed by atoms with Gasteiger partial charge in [0.1, 0.15) is 5.75 Å². The quantitative estimate of drug-likeness (QED) is 0.847. The highest BCUT2D eigenvalue weighted by Gasteiger charge is 2.26. The van der Waals surface area contributed by atoms with Gasteiger partial charge in [0.05, 0.1) is 29.3 Å². The number of carbonyl (C=O) groups excluding carboxylic acids is 1. The summed E-state index contributed by atoms with van der Waals surface area (Å²) in [6.45, 7) is 2.10. The first kappa shape index (κ1) is 16.4. The van der Waals surface area contributed by atoms with Gasteiger partial charge in [-0.1, -0.05) is 23.2 Å². The van der Waals surface area contributed by atoms with Crippen molar-refractivity contribution < 1.29 is 14.3 Å². The fraction of sp³-hybridized carbons (Fsp3) is 0.533. The van der Waals surface area contributed by atoms with Gasteiger partial charge in [-0.3, -0.25) is 4.79 Å². The number of benzene rings is 1. The molecule has 1 aliphatic rings. The number of rotatable bonds is 4. The van der Waals surface area contributed by atoms with Crippen molar-refractivity contribution in [3.63, 3.8) is 0 Å². The molecule has 1 heterocycles. The minimum absolute atomic E-state index is 0.0776. The van der Waals surface area contributed by atoms with Crippen molar-refractivity contribution >= 4 is 29.1 Å². The van der Waals surface area contributed by atoms with Gasteiger partial charge < -0.3 is 14.4 Å². The van der Waals surface area contributed by atoms with Crippen molar-refractivity contribution in [1.29, 1.82) is 0 Å². The van der Waals surface area contributed by atoms with Gasteiger partial charge >= 0.3 is 0 Å². The molecule has 21 heavy (non-hydrogen) atoms. The van der Waals surface area contributed by atoms with E-state index in [1.54, 1.807) is 19.2 Å². The monoisotopic (exact) mass is 331 g/mol. The third-order valence-corrected chi connectivity index (χ3v) is 4.40. The maximum Gasteiger partial charge on any atom is 0.257 e. The molecule has 4 nitrogen and oxygen atoms in total. The van der Waals surface area contributed by atoms with Crippen LogP contribution in [0.25, 0.3) is 0 Å². The molecule has 1 aliphatic heterocycles. The summed E-state index contributed by atoms with van der Waals surface area (Å²) >= 11 is 12.0. The van der Waals surface area contributed by atoms with E-state index in [1.807, 2.05) is 4.90 Å². The molecule has 0 N–H and O–H groups in total. The molecule has 116 valence electrons. The first-order valence-corrected chi connectivity index (χ1v) is 7.63. The second kappa shape index (κ2) is 7.34. The van der Waals surface area contributed by atoms with E-state index < -0.39 is 0 Å². The van der Waals surface area contributed by atoms with Crippen LogP contribution in [0.5, 0.6) is 5.75 Å². The maximum absolute atomic E-state index is 12.7. The number of ether oxygens (including phenoxy) is 2. The molecule has 1 aromatic rings. The Balaban J connectivity index is 2.21. The third kappa shape index (κ3) is 3.82. The van der Waals surface area contributed by atoms with E-state index in [2.05, 4.69) is 0 Å². The second-order valence-electron chi connectivity index (χ2n) is 5.18. The van der Waals surface area contributed by atoms with E-state index in [0.717, 1.165) is 19.4 Å². The Morgan fingerprint density at radius 3 is 2.71 bits per heavy atom. The lowest BCUT2D eigenvalue weighted by molar-refractivity contribution is 0.0568. The Morgan fingerprint density at radius 1 is 1.33 bits per heavy atom. The fourth-order valence-corrected chi connectivity index (χ4v) is 2.97. The first-order chi connectivity index (χ1) is 10.1. The van der Waals surface area contributed by atoms with E-state index in [-0.39, 0.29) is 5.91 Å². The number of methoxy groups -OCH3 is 2. The Labute approximate surface area is 134 Å². The summed E-state index contributed by atoms with van der Waals surface area (Å²) < 4.78 is 10.4. The van der Waals surface area contributed by atoms with Crippen molar-refractivity contribution in [3.8, 4) is 5.75 Å². The van der Waals surface area contributed by atoms with Crippen LogP contribution in [0.4, 0.5) is 0 Å². The molecular formula is C15H19Cl2NO3. The van der Waals surface area contributed by atoms with Crippen molar-refractivity contribution in [2.45, 2.75) is 12.8 Å². The molecule has 1 fully saturated rings. The van der Waals surface area contributed by atoms with Crippen LogP contribution in [0.1, 0.15) is 23.2 Å².